The molecule has 1 N–H and O–H groups in total. The zero-order chi connectivity index (χ0) is 15.0. The number of nitrogens with zero attached hydrogens (tertiary/aromatic N) is 3. The number of rotatable bonds is 3. The average molecular weight is 285 g/mol. The van der Waals surface area contributed by atoms with Gasteiger partial charge in [-0.2, -0.15) is 5.26 Å². The van der Waals surface area contributed by atoms with E-state index in [0.29, 0.717) is 17.6 Å². The van der Waals surface area contributed by atoms with Crippen LogP contribution >= 0.6 is 0 Å². The summed E-state index contributed by atoms with van der Waals surface area (Å²) in [4.78, 5) is 17.8. The van der Waals surface area contributed by atoms with Gasteiger partial charge >= 0.3 is 5.97 Å². The first kappa shape index (κ1) is 13.9. The number of hydrogen-bond donors (Lipinski definition) is 1. The van der Waals surface area contributed by atoms with Crippen LogP contribution in [0, 0.1) is 24.2 Å². The van der Waals surface area contributed by atoms with Crippen molar-refractivity contribution in [1.29, 1.82) is 5.26 Å². The van der Waals surface area contributed by atoms with Gasteiger partial charge in [0.05, 0.1) is 5.56 Å². The predicted octanol–water partition coefficient (Wildman–Crippen LogP) is 2.48. The fraction of sp³-hybridized carbons (Fsp3) is 0.562. The predicted molar refractivity (Wildman–Crippen MR) is 78.0 cm³/mol. The molecule has 0 radical (unpaired) electrons. The van der Waals surface area contributed by atoms with Crippen molar-refractivity contribution in [3.63, 3.8) is 0 Å². The van der Waals surface area contributed by atoms with Gasteiger partial charge in [-0.3, -0.25) is 4.79 Å². The molecule has 1 aromatic rings. The molecule has 2 fully saturated rings. The largest absolute Gasteiger partial charge is 0.481 e. The van der Waals surface area contributed by atoms with Crippen LogP contribution in [0.2, 0.25) is 0 Å². The number of hydrogen-bond acceptors (Lipinski definition) is 4. The van der Waals surface area contributed by atoms with Gasteiger partial charge in [0.2, 0.25) is 0 Å². The summed E-state index contributed by atoms with van der Waals surface area (Å²) in [6, 6.07) is 6.59. The number of carboxylic acid groups (broad SMARTS) is 1. The van der Waals surface area contributed by atoms with Crippen molar-refractivity contribution in [2.24, 2.45) is 5.92 Å². The number of carboxylic acids is 1. The van der Waals surface area contributed by atoms with Gasteiger partial charge < -0.3 is 10.0 Å². The number of carbonyl (C=O) groups is 1. The van der Waals surface area contributed by atoms with Crippen LogP contribution in [0.3, 0.4) is 0 Å². The second-order valence-corrected chi connectivity index (χ2v) is 6.16. The van der Waals surface area contributed by atoms with E-state index in [2.05, 4.69) is 16.0 Å². The Hall–Kier alpha value is -2.09. The lowest BCUT2D eigenvalue weighted by Gasteiger charge is -2.39. The molecule has 2 atom stereocenters. The van der Waals surface area contributed by atoms with Crippen LogP contribution in [0.15, 0.2) is 12.1 Å². The van der Waals surface area contributed by atoms with Crippen LogP contribution in [-0.2, 0) is 4.79 Å². The standard InChI is InChI=1S/C16H19N3O2/c1-10-2-3-12(9-17)16(18-10)19-13-4-5-14(19)7-11(6-13)8-15(20)21/h2-3,11,13-14H,4-8H2,1H3,(H,20,21). The highest BCUT2D eigenvalue weighted by Crippen LogP contribution is 2.42. The van der Waals surface area contributed by atoms with Crippen LogP contribution < -0.4 is 4.90 Å². The van der Waals surface area contributed by atoms with Gasteiger partial charge in [0.1, 0.15) is 11.9 Å². The zero-order valence-corrected chi connectivity index (χ0v) is 12.1. The third-order valence-corrected chi connectivity index (χ3v) is 4.67. The molecule has 2 unspecified atom stereocenters. The molecule has 0 spiro atoms. The fourth-order valence-corrected chi connectivity index (χ4v) is 3.88. The van der Waals surface area contributed by atoms with Crippen LogP contribution in [0.25, 0.3) is 0 Å². The second kappa shape index (κ2) is 5.36. The van der Waals surface area contributed by atoms with Crippen LogP contribution in [-0.4, -0.2) is 28.1 Å². The minimum atomic E-state index is -0.709. The third kappa shape index (κ3) is 2.58. The van der Waals surface area contributed by atoms with E-state index in [9.17, 15) is 10.1 Å². The van der Waals surface area contributed by atoms with E-state index in [4.69, 9.17) is 5.11 Å². The highest BCUT2D eigenvalue weighted by Gasteiger charge is 2.42. The lowest BCUT2D eigenvalue weighted by Crippen LogP contribution is -2.44. The SMILES string of the molecule is Cc1ccc(C#N)c(N2C3CCC2CC(CC(=O)O)C3)n1. The molecule has 2 saturated heterocycles. The van der Waals surface area contributed by atoms with Crippen molar-refractivity contribution >= 4 is 11.8 Å². The van der Waals surface area contributed by atoms with Crippen LogP contribution in [0.5, 0.6) is 0 Å². The maximum absolute atomic E-state index is 10.9. The number of fused-ring (bicyclic) bond motifs is 2. The Morgan fingerprint density at radius 3 is 2.67 bits per heavy atom. The molecular formula is C16H19N3O2. The monoisotopic (exact) mass is 285 g/mol. The van der Waals surface area contributed by atoms with Gasteiger partial charge in [-0.1, -0.05) is 0 Å². The first-order valence-corrected chi connectivity index (χ1v) is 7.46. The molecule has 3 rings (SSSR count). The molecule has 5 nitrogen and oxygen atoms in total. The van der Waals surface area contributed by atoms with Gasteiger partial charge in [-0.05, 0) is 50.7 Å². The summed E-state index contributed by atoms with van der Waals surface area (Å²) in [7, 11) is 0. The van der Waals surface area contributed by atoms with Crippen LogP contribution in [0.4, 0.5) is 5.82 Å². The molecule has 0 aliphatic carbocycles. The summed E-state index contributed by atoms with van der Waals surface area (Å²) < 4.78 is 0. The molecule has 0 amide bonds. The molecule has 1 aromatic heterocycles. The Morgan fingerprint density at radius 2 is 2.10 bits per heavy atom. The Morgan fingerprint density at radius 1 is 1.43 bits per heavy atom. The molecule has 21 heavy (non-hydrogen) atoms. The average Bonchev–Trinajstić information content (AvgIpc) is 2.69. The summed E-state index contributed by atoms with van der Waals surface area (Å²) >= 11 is 0. The van der Waals surface area contributed by atoms with Crippen molar-refractivity contribution in [1.82, 2.24) is 4.98 Å². The number of nitriles is 1. The molecule has 0 saturated carbocycles. The molecule has 110 valence electrons. The first-order valence-electron chi connectivity index (χ1n) is 7.46. The summed E-state index contributed by atoms with van der Waals surface area (Å²) in [5.74, 6) is 0.338. The van der Waals surface area contributed by atoms with Gasteiger partial charge in [0.25, 0.3) is 0 Å². The fourth-order valence-electron chi connectivity index (χ4n) is 3.88. The Labute approximate surface area is 124 Å². The van der Waals surface area contributed by atoms with E-state index in [-0.39, 0.29) is 12.3 Å². The van der Waals surface area contributed by atoms with E-state index in [0.717, 1.165) is 37.2 Å². The normalized spacial score (nSPS) is 27.4. The van der Waals surface area contributed by atoms with Crippen molar-refractivity contribution in [2.75, 3.05) is 4.90 Å². The summed E-state index contributed by atoms with van der Waals surface area (Å²) in [5, 5.41) is 18.3. The summed E-state index contributed by atoms with van der Waals surface area (Å²) in [6.45, 7) is 1.93. The van der Waals surface area contributed by atoms with E-state index in [1.807, 2.05) is 19.1 Å². The summed E-state index contributed by atoms with van der Waals surface area (Å²) in [6.07, 6.45) is 4.18. The van der Waals surface area contributed by atoms with Crippen LogP contribution in [0.1, 0.15) is 43.4 Å². The highest BCUT2D eigenvalue weighted by molar-refractivity contribution is 5.67. The smallest absolute Gasteiger partial charge is 0.303 e. The molecule has 2 aliphatic rings. The van der Waals surface area contributed by atoms with E-state index in [1.165, 1.54) is 0 Å². The number of pyridine rings is 1. The minimum Gasteiger partial charge on any atom is -0.481 e. The van der Waals surface area contributed by atoms with Gasteiger partial charge in [0.15, 0.2) is 0 Å². The van der Waals surface area contributed by atoms with E-state index < -0.39 is 5.97 Å². The summed E-state index contributed by atoms with van der Waals surface area (Å²) in [5.41, 5.74) is 1.53. The molecular weight excluding hydrogens is 266 g/mol. The maximum Gasteiger partial charge on any atom is 0.303 e. The van der Waals surface area contributed by atoms with E-state index >= 15 is 0 Å². The number of aryl methyl sites for hydroxylation is 1. The Kier molecular flexibility index (Phi) is 3.54. The molecule has 2 bridgehead atoms. The van der Waals surface area contributed by atoms with Crippen molar-refractivity contribution in [3.05, 3.63) is 23.4 Å². The quantitative estimate of drug-likeness (QED) is 0.923. The van der Waals surface area contributed by atoms with Crippen molar-refractivity contribution < 1.29 is 9.90 Å². The highest BCUT2D eigenvalue weighted by atomic mass is 16.4. The van der Waals surface area contributed by atoms with Crippen molar-refractivity contribution in [2.45, 2.75) is 51.1 Å². The lowest BCUT2D eigenvalue weighted by molar-refractivity contribution is -0.138. The van der Waals surface area contributed by atoms with Crippen molar-refractivity contribution in [3.8, 4) is 6.07 Å². The number of aliphatic carboxylic acids is 1. The minimum absolute atomic E-state index is 0.256. The zero-order valence-electron chi connectivity index (χ0n) is 12.1. The molecule has 5 heteroatoms. The molecule has 0 aromatic carbocycles. The van der Waals surface area contributed by atoms with Gasteiger partial charge in [-0.15, -0.1) is 0 Å². The van der Waals surface area contributed by atoms with Gasteiger partial charge in [-0.25, -0.2) is 4.98 Å². The molecule has 3 heterocycles. The molecule has 2 aliphatic heterocycles. The number of aromatic nitrogens is 1. The maximum atomic E-state index is 10.9. The number of anilines is 1. The number of piperidine rings is 1. The third-order valence-electron chi connectivity index (χ3n) is 4.67. The second-order valence-electron chi connectivity index (χ2n) is 6.16. The Balaban J connectivity index is 1.87. The van der Waals surface area contributed by atoms with E-state index in [1.54, 1.807) is 0 Å². The first-order chi connectivity index (χ1) is 10.1. The van der Waals surface area contributed by atoms with Gasteiger partial charge in [0, 0.05) is 24.2 Å². The topological polar surface area (TPSA) is 77.2 Å². The lowest BCUT2D eigenvalue weighted by atomic mass is 9.88. The Bertz CT molecular complexity index is 594.